The molecule has 0 unspecified atom stereocenters. The van der Waals surface area contributed by atoms with Gasteiger partial charge in [0.1, 0.15) is 12.4 Å². The number of benzene rings is 2. The molecule has 4 aromatic rings. The molecule has 31 heavy (non-hydrogen) atoms. The summed E-state index contributed by atoms with van der Waals surface area (Å²) in [6, 6.07) is 18.4. The molecule has 0 spiro atoms. The molecule has 6 nitrogen and oxygen atoms in total. The van der Waals surface area contributed by atoms with Gasteiger partial charge in [-0.15, -0.1) is 0 Å². The lowest BCUT2D eigenvalue weighted by Crippen LogP contribution is -1.99. The third kappa shape index (κ3) is 4.27. The van der Waals surface area contributed by atoms with Gasteiger partial charge >= 0.3 is 0 Å². The van der Waals surface area contributed by atoms with Crippen LogP contribution in [0.25, 0.3) is 16.9 Å². The van der Waals surface area contributed by atoms with Crippen LogP contribution < -0.4 is 10.5 Å². The Hall–Kier alpha value is -3.32. The van der Waals surface area contributed by atoms with Gasteiger partial charge in [0.15, 0.2) is 15.5 Å². The molecule has 2 aromatic carbocycles. The number of ether oxygens (including phenoxy) is 1. The monoisotopic (exact) mass is 435 g/mol. The molecule has 0 bridgehead atoms. The first-order valence-electron chi connectivity index (χ1n) is 10.0. The second-order valence-electron chi connectivity index (χ2n) is 7.89. The van der Waals surface area contributed by atoms with Crippen LogP contribution in [0.4, 0.5) is 5.69 Å². The highest BCUT2D eigenvalue weighted by molar-refractivity contribution is 7.90. The van der Waals surface area contributed by atoms with Crippen LogP contribution in [0, 0.1) is 0 Å². The molecule has 0 amide bonds. The summed E-state index contributed by atoms with van der Waals surface area (Å²) < 4.78 is 31.2. The summed E-state index contributed by atoms with van der Waals surface area (Å²) in [6.07, 6.45) is 3.17. The van der Waals surface area contributed by atoms with Gasteiger partial charge in [-0.25, -0.2) is 13.4 Å². The van der Waals surface area contributed by atoms with Crippen molar-refractivity contribution in [3.05, 3.63) is 78.1 Å². The van der Waals surface area contributed by atoms with Crippen molar-refractivity contribution in [3.63, 3.8) is 0 Å². The van der Waals surface area contributed by atoms with Gasteiger partial charge < -0.3 is 10.5 Å². The Kier molecular flexibility index (Phi) is 5.45. The second kappa shape index (κ2) is 8.07. The fourth-order valence-corrected chi connectivity index (χ4v) is 4.16. The van der Waals surface area contributed by atoms with Crippen molar-refractivity contribution in [1.29, 1.82) is 0 Å². The van der Waals surface area contributed by atoms with E-state index < -0.39 is 9.84 Å². The smallest absolute Gasteiger partial charge is 0.175 e. The summed E-state index contributed by atoms with van der Waals surface area (Å²) in [6.45, 7) is 4.56. The molecule has 7 heteroatoms. The zero-order valence-corrected chi connectivity index (χ0v) is 18.6. The molecule has 2 aromatic heterocycles. The van der Waals surface area contributed by atoms with Crippen molar-refractivity contribution >= 4 is 21.2 Å². The third-order valence-electron chi connectivity index (χ3n) is 5.12. The molecule has 0 aliphatic heterocycles. The maximum absolute atomic E-state index is 11.6. The standard InChI is InChI=1S/C24H25N3O3S/c1-16(2)22-23(27-13-5-8-21(25)24(27)26-22)18-6-4-7-19(14-18)30-15-17-9-11-20(12-10-17)31(3,28)29/h4-14,16H,15,25H2,1-3H3. The summed E-state index contributed by atoms with van der Waals surface area (Å²) >= 11 is 0. The quantitative estimate of drug-likeness (QED) is 0.475. The van der Waals surface area contributed by atoms with E-state index >= 15 is 0 Å². The van der Waals surface area contributed by atoms with E-state index in [2.05, 4.69) is 13.8 Å². The first-order valence-corrected chi connectivity index (χ1v) is 11.9. The maximum Gasteiger partial charge on any atom is 0.175 e. The summed E-state index contributed by atoms with van der Waals surface area (Å²) in [5.41, 5.74) is 11.4. The average molecular weight is 436 g/mol. The number of hydrogen-bond donors (Lipinski definition) is 1. The first kappa shape index (κ1) is 20.9. The van der Waals surface area contributed by atoms with Crippen molar-refractivity contribution in [2.45, 2.75) is 31.3 Å². The number of imidazole rings is 1. The Bertz CT molecular complexity index is 1340. The van der Waals surface area contributed by atoms with Crippen molar-refractivity contribution in [2.24, 2.45) is 0 Å². The summed E-state index contributed by atoms with van der Waals surface area (Å²) in [4.78, 5) is 5.08. The van der Waals surface area contributed by atoms with Gasteiger partial charge in [0.2, 0.25) is 0 Å². The van der Waals surface area contributed by atoms with Crippen LogP contribution in [-0.2, 0) is 16.4 Å². The van der Waals surface area contributed by atoms with Gasteiger partial charge in [-0.2, -0.15) is 0 Å². The first-order chi connectivity index (χ1) is 14.7. The molecule has 4 rings (SSSR count). The molecule has 0 saturated heterocycles. The molecule has 0 fully saturated rings. The van der Waals surface area contributed by atoms with E-state index in [9.17, 15) is 8.42 Å². The van der Waals surface area contributed by atoms with Crippen LogP contribution in [0.3, 0.4) is 0 Å². The number of nitrogens with two attached hydrogens (primary N) is 1. The minimum atomic E-state index is -3.21. The maximum atomic E-state index is 11.6. The van der Waals surface area contributed by atoms with Crippen molar-refractivity contribution in [1.82, 2.24) is 9.38 Å². The number of rotatable bonds is 6. The van der Waals surface area contributed by atoms with Gasteiger partial charge in [-0.3, -0.25) is 4.40 Å². The van der Waals surface area contributed by atoms with E-state index in [1.165, 1.54) is 6.26 Å². The molecule has 0 saturated carbocycles. The van der Waals surface area contributed by atoms with E-state index in [-0.39, 0.29) is 5.92 Å². The lowest BCUT2D eigenvalue weighted by atomic mass is 10.0. The van der Waals surface area contributed by atoms with Crippen molar-refractivity contribution in [2.75, 3.05) is 12.0 Å². The topological polar surface area (TPSA) is 86.7 Å². The Balaban J connectivity index is 1.64. The zero-order valence-electron chi connectivity index (χ0n) is 17.7. The lowest BCUT2D eigenvalue weighted by molar-refractivity contribution is 0.306. The number of nitrogen functional groups attached to an aromatic ring is 1. The van der Waals surface area contributed by atoms with Crippen LogP contribution in [0.5, 0.6) is 5.75 Å². The van der Waals surface area contributed by atoms with E-state index in [1.807, 2.05) is 47.0 Å². The predicted octanol–water partition coefficient (Wildman–Crippen LogP) is 4.69. The number of anilines is 1. The Morgan fingerprint density at radius 3 is 2.48 bits per heavy atom. The Morgan fingerprint density at radius 2 is 1.81 bits per heavy atom. The summed E-state index contributed by atoms with van der Waals surface area (Å²) in [7, 11) is -3.21. The predicted molar refractivity (Wildman–Crippen MR) is 123 cm³/mol. The fraction of sp³-hybridized carbons (Fsp3) is 0.208. The number of fused-ring (bicyclic) bond motifs is 1. The molecule has 0 aliphatic carbocycles. The zero-order chi connectivity index (χ0) is 22.2. The SMILES string of the molecule is CC(C)c1nc2c(N)cccn2c1-c1cccc(OCc2ccc(S(C)(=O)=O)cc2)c1. The van der Waals surface area contributed by atoms with Crippen molar-refractivity contribution < 1.29 is 13.2 Å². The van der Waals surface area contributed by atoms with E-state index in [0.29, 0.717) is 17.2 Å². The van der Waals surface area contributed by atoms with Crippen LogP contribution in [-0.4, -0.2) is 24.1 Å². The number of sulfone groups is 1. The van der Waals surface area contributed by atoms with Gasteiger partial charge in [0.25, 0.3) is 0 Å². The van der Waals surface area contributed by atoms with Gasteiger partial charge in [0.05, 0.1) is 22.0 Å². The number of aromatic nitrogens is 2. The van der Waals surface area contributed by atoms with Gasteiger partial charge in [-0.1, -0.05) is 38.1 Å². The van der Waals surface area contributed by atoms with Crippen molar-refractivity contribution in [3.8, 4) is 17.0 Å². The second-order valence-corrected chi connectivity index (χ2v) is 9.91. The van der Waals surface area contributed by atoms with Crippen LogP contribution in [0.15, 0.2) is 71.8 Å². The highest BCUT2D eigenvalue weighted by atomic mass is 32.2. The largest absolute Gasteiger partial charge is 0.489 e. The molecule has 160 valence electrons. The normalized spacial score (nSPS) is 11.9. The lowest BCUT2D eigenvalue weighted by Gasteiger charge is -2.11. The Labute approximate surface area is 182 Å². The van der Waals surface area contributed by atoms with E-state index in [0.717, 1.165) is 33.9 Å². The highest BCUT2D eigenvalue weighted by Crippen LogP contribution is 2.33. The van der Waals surface area contributed by atoms with Gasteiger partial charge in [0, 0.05) is 18.0 Å². The molecular formula is C24H25N3O3S. The summed E-state index contributed by atoms with van der Waals surface area (Å²) in [5.74, 6) is 0.950. The summed E-state index contributed by atoms with van der Waals surface area (Å²) in [5, 5.41) is 0. The van der Waals surface area contributed by atoms with E-state index in [4.69, 9.17) is 15.5 Å². The molecule has 0 atom stereocenters. The van der Waals surface area contributed by atoms with Crippen LogP contribution >= 0.6 is 0 Å². The average Bonchev–Trinajstić information content (AvgIpc) is 3.14. The van der Waals surface area contributed by atoms with Crippen LogP contribution in [0.2, 0.25) is 0 Å². The number of pyridine rings is 1. The minimum absolute atomic E-state index is 0.229. The molecule has 0 radical (unpaired) electrons. The molecule has 0 aliphatic rings. The number of nitrogens with zero attached hydrogens (tertiary/aromatic N) is 2. The fourth-order valence-electron chi connectivity index (χ4n) is 3.53. The van der Waals surface area contributed by atoms with Gasteiger partial charge in [-0.05, 0) is 47.9 Å². The minimum Gasteiger partial charge on any atom is -0.489 e. The number of hydrogen-bond acceptors (Lipinski definition) is 5. The highest BCUT2D eigenvalue weighted by Gasteiger charge is 2.18. The molecule has 2 heterocycles. The Morgan fingerprint density at radius 1 is 1.06 bits per heavy atom. The molecule has 2 N–H and O–H groups in total. The van der Waals surface area contributed by atoms with Crippen LogP contribution in [0.1, 0.15) is 31.0 Å². The van der Waals surface area contributed by atoms with E-state index in [1.54, 1.807) is 24.3 Å². The third-order valence-corrected chi connectivity index (χ3v) is 6.25. The molecular weight excluding hydrogens is 410 g/mol.